The molecule has 1 heterocycles. The van der Waals surface area contributed by atoms with Crippen LogP contribution in [0.25, 0.3) is 0 Å². The highest BCUT2D eigenvalue weighted by Gasteiger charge is 1.99. The van der Waals surface area contributed by atoms with Crippen LogP contribution >= 0.6 is 0 Å². The molecule has 0 radical (unpaired) electrons. The second kappa shape index (κ2) is 2.35. The van der Waals surface area contributed by atoms with Gasteiger partial charge in [0.05, 0.1) is 0 Å². The van der Waals surface area contributed by atoms with E-state index in [1.54, 1.807) is 6.08 Å². The number of hydroxylamine groups is 1. The van der Waals surface area contributed by atoms with Crippen LogP contribution in [0.3, 0.4) is 0 Å². The molecule has 3 nitrogen and oxygen atoms in total. The number of hydrogen-bond acceptors (Lipinski definition) is 2. The van der Waals surface area contributed by atoms with E-state index in [1.807, 2.05) is 0 Å². The molecule has 0 spiro atoms. The molecule has 3 heteroatoms. The molecule has 0 aromatic carbocycles. The summed E-state index contributed by atoms with van der Waals surface area (Å²) in [5, 5.41) is 0. The minimum atomic E-state index is -0.0602. The van der Waals surface area contributed by atoms with Gasteiger partial charge in [0.2, 0.25) is 0 Å². The van der Waals surface area contributed by atoms with Crippen molar-refractivity contribution < 1.29 is 9.63 Å². The summed E-state index contributed by atoms with van der Waals surface area (Å²) in [5.41, 5.74) is 2.22. The highest BCUT2D eigenvalue weighted by Crippen LogP contribution is 1.94. The normalized spacial score (nSPS) is 18.8. The van der Waals surface area contributed by atoms with E-state index in [2.05, 4.69) is 10.3 Å². The monoisotopic (exact) mass is 113 g/mol. The van der Waals surface area contributed by atoms with Crippen molar-refractivity contribution in [2.24, 2.45) is 0 Å². The van der Waals surface area contributed by atoms with Gasteiger partial charge in [0, 0.05) is 6.42 Å². The van der Waals surface area contributed by atoms with Gasteiger partial charge in [-0.2, -0.15) is 5.48 Å². The molecule has 44 valence electrons. The number of allylic oxidation sites excluding steroid dienone is 1. The lowest BCUT2D eigenvalue weighted by molar-refractivity contribution is -0.129. The first-order chi connectivity index (χ1) is 3.89. The van der Waals surface area contributed by atoms with E-state index in [0.717, 1.165) is 6.42 Å². The molecule has 0 aromatic heterocycles. The number of amides is 1. The Morgan fingerprint density at radius 2 is 2.62 bits per heavy atom. The van der Waals surface area contributed by atoms with E-state index in [4.69, 9.17) is 0 Å². The predicted molar refractivity (Wildman–Crippen MR) is 27.6 cm³/mol. The Bertz CT molecular complexity index is 108. The Hall–Kier alpha value is -0.990. The molecule has 1 amide bonds. The van der Waals surface area contributed by atoms with E-state index in [0.29, 0.717) is 6.42 Å². The van der Waals surface area contributed by atoms with Crippen molar-refractivity contribution in [3.8, 4) is 0 Å². The van der Waals surface area contributed by atoms with Crippen LogP contribution in [0.1, 0.15) is 12.8 Å². The van der Waals surface area contributed by atoms with Crippen molar-refractivity contribution in [3.05, 3.63) is 12.3 Å². The topological polar surface area (TPSA) is 38.3 Å². The van der Waals surface area contributed by atoms with Gasteiger partial charge < -0.3 is 4.84 Å². The number of carbonyl (C=O) groups excluding carboxylic acids is 1. The van der Waals surface area contributed by atoms with Crippen LogP contribution in [-0.4, -0.2) is 5.91 Å². The minimum Gasteiger partial charge on any atom is -0.388 e. The zero-order chi connectivity index (χ0) is 5.82. The van der Waals surface area contributed by atoms with Crippen LogP contribution in [0.5, 0.6) is 0 Å². The minimum absolute atomic E-state index is 0.0602. The summed E-state index contributed by atoms with van der Waals surface area (Å²) in [6, 6.07) is 0. The van der Waals surface area contributed by atoms with Crippen LogP contribution in [-0.2, 0) is 9.63 Å². The Morgan fingerprint density at radius 3 is 3.50 bits per heavy atom. The van der Waals surface area contributed by atoms with Crippen molar-refractivity contribution in [3.63, 3.8) is 0 Å². The quantitative estimate of drug-likeness (QED) is 0.492. The first-order valence-electron chi connectivity index (χ1n) is 2.49. The number of carbonyl (C=O) groups is 1. The van der Waals surface area contributed by atoms with Crippen LogP contribution in [0.2, 0.25) is 0 Å². The first kappa shape index (κ1) is 5.15. The largest absolute Gasteiger partial charge is 0.388 e. The number of hydrogen-bond donors (Lipinski definition) is 1. The van der Waals surface area contributed by atoms with Gasteiger partial charge >= 0.3 is 0 Å². The lowest BCUT2D eigenvalue weighted by Crippen LogP contribution is -2.18. The third-order valence-corrected chi connectivity index (χ3v) is 0.875. The van der Waals surface area contributed by atoms with Crippen LogP contribution in [0, 0.1) is 0 Å². The maximum Gasteiger partial charge on any atom is 0.252 e. The van der Waals surface area contributed by atoms with Crippen LogP contribution in [0.4, 0.5) is 0 Å². The maximum atomic E-state index is 10.4. The molecule has 1 aliphatic heterocycles. The van der Waals surface area contributed by atoms with E-state index in [-0.39, 0.29) is 5.91 Å². The van der Waals surface area contributed by atoms with Gasteiger partial charge in [-0.25, -0.2) is 0 Å². The van der Waals surface area contributed by atoms with E-state index >= 15 is 0 Å². The average Bonchev–Trinajstić information content (AvgIpc) is 1.94. The predicted octanol–water partition coefficient (Wildman–Crippen LogP) is 0.342. The molecule has 0 fully saturated rings. The second-order valence-corrected chi connectivity index (χ2v) is 1.55. The summed E-state index contributed by atoms with van der Waals surface area (Å²) >= 11 is 0. The Balaban J connectivity index is 2.39. The van der Waals surface area contributed by atoms with Crippen LogP contribution in [0.15, 0.2) is 12.3 Å². The van der Waals surface area contributed by atoms with Crippen molar-refractivity contribution in [2.75, 3.05) is 0 Å². The van der Waals surface area contributed by atoms with Crippen LogP contribution < -0.4 is 5.48 Å². The van der Waals surface area contributed by atoms with Gasteiger partial charge in [-0.3, -0.25) is 4.79 Å². The standard InChI is InChI=1S/C5H7NO2/c7-5-3-1-2-4-8-6-5/h2,4H,1,3H2,(H,6,7). The molecule has 1 N–H and O–H groups in total. The molecule has 0 aromatic rings. The fraction of sp³-hybridized carbons (Fsp3) is 0.400. The van der Waals surface area contributed by atoms with Gasteiger partial charge in [-0.15, -0.1) is 0 Å². The molecule has 1 aliphatic rings. The van der Waals surface area contributed by atoms with Gasteiger partial charge in [0.15, 0.2) is 0 Å². The molecule has 0 saturated carbocycles. The van der Waals surface area contributed by atoms with Gasteiger partial charge in [0.1, 0.15) is 6.26 Å². The highest BCUT2D eigenvalue weighted by molar-refractivity contribution is 5.75. The summed E-state index contributed by atoms with van der Waals surface area (Å²) < 4.78 is 0. The summed E-state index contributed by atoms with van der Waals surface area (Å²) in [6.45, 7) is 0. The fourth-order valence-corrected chi connectivity index (χ4v) is 0.481. The fourth-order valence-electron chi connectivity index (χ4n) is 0.481. The highest BCUT2D eigenvalue weighted by atomic mass is 16.6. The molecule has 0 unspecified atom stereocenters. The molecule has 0 aliphatic carbocycles. The molecular formula is C5H7NO2. The zero-order valence-corrected chi connectivity index (χ0v) is 4.39. The maximum absolute atomic E-state index is 10.4. The molecule has 0 saturated heterocycles. The van der Waals surface area contributed by atoms with Crippen molar-refractivity contribution in [2.45, 2.75) is 12.8 Å². The van der Waals surface area contributed by atoms with E-state index in [1.165, 1.54) is 6.26 Å². The van der Waals surface area contributed by atoms with Crippen molar-refractivity contribution >= 4 is 5.91 Å². The summed E-state index contributed by atoms with van der Waals surface area (Å²) in [4.78, 5) is 14.9. The van der Waals surface area contributed by atoms with Gasteiger partial charge in [-0.1, -0.05) is 0 Å². The second-order valence-electron chi connectivity index (χ2n) is 1.55. The molecule has 0 atom stereocenters. The summed E-state index contributed by atoms with van der Waals surface area (Å²) in [6.07, 6.45) is 4.57. The SMILES string of the molecule is O=C1CCC=CON1. The Labute approximate surface area is 47.3 Å². The van der Waals surface area contributed by atoms with E-state index in [9.17, 15) is 4.79 Å². The van der Waals surface area contributed by atoms with Gasteiger partial charge in [-0.05, 0) is 12.5 Å². The molecular weight excluding hydrogens is 106 g/mol. The lowest BCUT2D eigenvalue weighted by Gasteiger charge is -1.94. The van der Waals surface area contributed by atoms with E-state index < -0.39 is 0 Å². The first-order valence-corrected chi connectivity index (χ1v) is 2.49. The van der Waals surface area contributed by atoms with Crippen molar-refractivity contribution in [1.82, 2.24) is 5.48 Å². The average molecular weight is 113 g/mol. The number of rotatable bonds is 0. The summed E-state index contributed by atoms with van der Waals surface area (Å²) in [7, 11) is 0. The smallest absolute Gasteiger partial charge is 0.252 e. The molecule has 0 bridgehead atoms. The number of nitrogens with one attached hydrogen (secondary N) is 1. The lowest BCUT2D eigenvalue weighted by atomic mass is 10.3. The van der Waals surface area contributed by atoms with Gasteiger partial charge in [0.25, 0.3) is 5.91 Å². The summed E-state index contributed by atoms with van der Waals surface area (Å²) in [5.74, 6) is -0.0602. The molecule has 8 heavy (non-hydrogen) atoms. The Morgan fingerprint density at radius 1 is 1.75 bits per heavy atom. The molecule has 1 rings (SSSR count). The third-order valence-electron chi connectivity index (χ3n) is 0.875. The zero-order valence-electron chi connectivity index (χ0n) is 4.39. The third kappa shape index (κ3) is 1.26. The Kier molecular flexibility index (Phi) is 1.51. The van der Waals surface area contributed by atoms with Crippen molar-refractivity contribution in [1.29, 1.82) is 0 Å².